The molecule has 0 bridgehead atoms. The number of carbonyl (C=O) groups excluding carboxylic acids is 1. The van der Waals surface area contributed by atoms with E-state index in [1.54, 1.807) is 6.92 Å². The molecule has 2 rings (SSSR count). The summed E-state index contributed by atoms with van der Waals surface area (Å²) in [6.45, 7) is 1.81. The van der Waals surface area contributed by atoms with Crippen LogP contribution in [0.25, 0.3) is 0 Å². The molecule has 1 aliphatic rings. The molecule has 0 spiro atoms. The Labute approximate surface area is 112 Å². The van der Waals surface area contributed by atoms with E-state index in [1.807, 2.05) is 24.3 Å². The van der Waals surface area contributed by atoms with Crippen LogP contribution in [-0.2, 0) is 25.8 Å². The van der Waals surface area contributed by atoms with Gasteiger partial charge in [0, 0.05) is 6.04 Å². The molecular weight excluding hydrogens is 266 g/mol. The van der Waals surface area contributed by atoms with E-state index < -0.39 is 32.9 Å². The van der Waals surface area contributed by atoms with E-state index in [9.17, 15) is 13.2 Å². The van der Waals surface area contributed by atoms with Gasteiger partial charge in [-0.2, -0.15) is 0 Å². The summed E-state index contributed by atoms with van der Waals surface area (Å²) in [4.78, 5) is 11.4. The van der Waals surface area contributed by atoms with E-state index in [1.165, 1.54) is 0 Å². The predicted molar refractivity (Wildman–Crippen MR) is 71.3 cm³/mol. The minimum atomic E-state index is -3.60. The van der Waals surface area contributed by atoms with Gasteiger partial charge >= 0.3 is 5.97 Å². The van der Waals surface area contributed by atoms with Gasteiger partial charge in [0.1, 0.15) is 5.75 Å². The number of esters is 1. The van der Waals surface area contributed by atoms with Crippen molar-refractivity contribution in [2.75, 3.05) is 12.4 Å². The van der Waals surface area contributed by atoms with Gasteiger partial charge in [0.2, 0.25) is 0 Å². The Hall–Kier alpha value is -1.40. The van der Waals surface area contributed by atoms with E-state index in [0.29, 0.717) is 6.42 Å². The third-order valence-corrected chi connectivity index (χ3v) is 5.34. The Balaban J connectivity index is 2.18. The summed E-state index contributed by atoms with van der Waals surface area (Å²) in [6.07, 6.45) is 0.360. The van der Waals surface area contributed by atoms with Gasteiger partial charge in [-0.3, -0.25) is 4.79 Å². The zero-order valence-corrected chi connectivity index (χ0v) is 11.5. The largest absolute Gasteiger partial charge is 0.465 e. The zero-order chi connectivity index (χ0) is 14.0. The van der Waals surface area contributed by atoms with Crippen LogP contribution >= 0.6 is 0 Å². The van der Waals surface area contributed by atoms with Crippen molar-refractivity contribution in [2.24, 2.45) is 5.73 Å². The minimum absolute atomic E-state index is 0.172. The number of ether oxygens (including phenoxy) is 1. The molecule has 19 heavy (non-hydrogen) atoms. The van der Waals surface area contributed by atoms with Crippen LogP contribution in [0.2, 0.25) is 0 Å². The number of fused-ring (bicyclic) bond motifs is 1. The molecule has 6 heteroatoms. The van der Waals surface area contributed by atoms with Gasteiger partial charge in [0.05, 0.1) is 11.9 Å². The van der Waals surface area contributed by atoms with Crippen LogP contribution in [0, 0.1) is 0 Å². The Kier molecular flexibility index (Phi) is 3.91. The molecular formula is C13H17NO4S. The van der Waals surface area contributed by atoms with Crippen molar-refractivity contribution in [2.45, 2.75) is 24.6 Å². The fourth-order valence-corrected chi connectivity index (χ4v) is 4.07. The second kappa shape index (κ2) is 5.30. The highest BCUT2D eigenvalue weighted by molar-refractivity contribution is 7.92. The lowest BCUT2D eigenvalue weighted by Crippen LogP contribution is -2.35. The standard InChI is InChI=1S/C13H17NO4S/c1-2-18-12(15)8-19(16,17)11-7-9-5-3-4-6-10(9)13(11)14/h3-6,11,13H,2,7-8,14H2,1H3. The first-order chi connectivity index (χ1) is 8.95. The summed E-state index contributed by atoms with van der Waals surface area (Å²) in [5, 5.41) is -0.741. The van der Waals surface area contributed by atoms with Crippen LogP contribution in [-0.4, -0.2) is 32.0 Å². The average molecular weight is 283 g/mol. The number of rotatable bonds is 4. The molecule has 1 aliphatic carbocycles. The van der Waals surface area contributed by atoms with Crippen LogP contribution in [0.5, 0.6) is 0 Å². The minimum Gasteiger partial charge on any atom is -0.465 e. The van der Waals surface area contributed by atoms with Crippen LogP contribution in [0.3, 0.4) is 0 Å². The molecule has 0 fully saturated rings. The lowest BCUT2D eigenvalue weighted by molar-refractivity contribution is -0.139. The summed E-state index contributed by atoms with van der Waals surface area (Å²) >= 11 is 0. The van der Waals surface area contributed by atoms with Crippen molar-refractivity contribution in [3.8, 4) is 0 Å². The summed E-state index contributed by atoms with van der Waals surface area (Å²) in [5.41, 5.74) is 7.78. The summed E-state index contributed by atoms with van der Waals surface area (Å²) in [6, 6.07) is 6.82. The Morgan fingerprint density at radius 3 is 2.74 bits per heavy atom. The zero-order valence-electron chi connectivity index (χ0n) is 10.7. The van der Waals surface area contributed by atoms with Gasteiger partial charge in [-0.05, 0) is 24.5 Å². The van der Waals surface area contributed by atoms with Crippen molar-refractivity contribution in [3.05, 3.63) is 35.4 Å². The van der Waals surface area contributed by atoms with E-state index in [-0.39, 0.29) is 6.61 Å². The van der Waals surface area contributed by atoms with Crippen molar-refractivity contribution in [3.63, 3.8) is 0 Å². The molecule has 0 saturated heterocycles. The molecule has 5 nitrogen and oxygen atoms in total. The van der Waals surface area contributed by atoms with Crippen LogP contribution in [0.15, 0.2) is 24.3 Å². The molecule has 0 amide bonds. The van der Waals surface area contributed by atoms with Crippen molar-refractivity contribution < 1.29 is 17.9 Å². The monoisotopic (exact) mass is 283 g/mol. The molecule has 2 unspecified atom stereocenters. The highest BCUT2D eigenvalue weighted by Crippen LogP contribution is 2.33. The molecule has 0 saturated carbocycles. The summed E-state index contributed by atoms with van der Waals surface area (Å²) in [7, 11) is -3.60. The quantitative estimate of drug-likeness (QED) is 0.817. The van der Waals surface area contributed by atoms with Crippen molar-refractivity contribution in [1.29, 1.82) is 0 Å². The molecule has 0 heterocycles. The molecule has 1 aromatic rings. The lowest BCUT2D eigenvalue weighted by Gasteiger charge is -2.16. The topological polar surface area (TPSA) is 86.5 Å². The van der Waals surface area contributed by atoms with Gasteiger partial charge in [-0.25, -0.2) is 8.42 Å². The van der Waals surface area contributed by atoms with Gasteiger partial charge in [0.15, 0.2) is 9.84 Å². The normalized spacial score (nSPS) is 22.0. The molecule has 0 radical (unpaired) electrons. The maximum Gasteiger partial charge on any atom is 0.321 e. The molecule has 0 aromatic heterocycles. The number of benzene rings is 1. The predicted octanol–water partition coefficient (Wildman–Crippen LogP) is 0.589. The third-order valence-electron chi connectivity index (χ3n) is 3.32. The number of nitrogens with two attached hydrogens (primary N) is 1. The second-order valence-electron chi connectivity index (χ2n) is 4.58. The molecule has 2 atom stereocenters. The highest BCUT2D eigenvalue weighted by Gasteiger charge is 2.39. The first kappa shape index (κ1) is 14.0. The van der Waals surface area contributed by atoms with Gasteiger partial charge in [-0.15, -0.1) is 0 Å². The number of sulfone groups is 1. The van der Waals surface area contributed by atoms with E-state index in [0.717, 1.165) is 11.1 Å². The third kappa shape index (κ3) is 2.79. The molecule has 0 aliphatic heterocycles. The lowest BCUT2D eigenvalue weighted by atomic mass is 10.1. The van der Waals surface area contributed by atoms with E-state index in [2.05, 4.69) is 0 Å². The summed E-state index contributed by atoms with van der Waals surface area (Å²) in [5.74, 6) is -1.32. The number of hydrogen-bond donors (Lipinski definition) is 1. The Morgan fingerprint density at radius 1 is 1.42 bits per heavy atom. The molecule has 104 valence electrons. The average Bonchev–Trinajstić information content (AvgIpc) is 2.68. The highest BCUT2D eigenvalue weighted by atomic mass is 32.2. The Morgan fingerprint density at radius 2 is 2.11 bits per heavy atom. The second-order valence-corrected chi connectivity index (χ2v) is 6.80. The van der Waals surface area contributed by atoms with E-state index >= 15 is 0 Å². The molecule has 1 aromatic carbocycles. The van der Waals surface area contributed by atoms with Crippen molar-refractivity contribution in [1.82, 2.24) is 0 Å². The van der Waals surface area contributed by atoms with Gasteiger partial charge in [0.25, 0.3) is 0 Å². The van der Waals surface area contributed by atoms with Crippen LogP contribution in [0.4, 0.5) is 0 Å². The SMILES string of the molecule is CCOC(=O)CS(=O)(=O)C1Cc2ccccc2C1N. The van der Waals surface area contributed by atoms with E-state index in [4.69, 9.17) is 10.5 Å². The van der Waals surface area contributed by atoms with Crippen molar-refractivity contribution >= 4 is 15.8 Å². The maximum absolute atomic E-state index is 12.2. The molecule has 2 N–H and O–H groups in total. The maximum atomic E-state index is 12.2. The number of carbonyl (C=O) groups is 1. The smallest absolute Gasteiger partial charge is 0.321 e. The fraction of sp³-hybridized carbons (Fsp3) is 0.462. The van der Waals surface area contributed by atoms with Crippen LogP contribution in [0.1, 0.15) is 24.1 Å². The number of hydrogen-bond acceptors (Lipinski definition) is 5. The first-order valence-corrected chi connectivity index (χ1v) is 7.88. The first-order valence-electron chi connectivity index (χ1n) is 6.16. The fourth-order valence-electron chi connectivity index (χ4n) is 2.41. The van der Waals surface area contributed by atoms with Gasteiger partial charge < -0.3 is 10.5 Å². The summed E-state index contributed by atoms with van der Waals surface area (Å²) < 4.78 is 29.1. The van der Waals surface area contributed by atoms with Crippen LogP contribution < -0.4 is 5.73 Å². The van der Waals surface area contributed by atoms with Gasteiger partial charge in [-0.1, -0.05) is 24.3 Å². The Bertz CT molecular complexity index is 582.